The van der Waals surface area contributed by atoms with E-state index in [1.54, 1.807) is 16.8 Å². The van der Waals surface area contributed by atoms with Gasteiger partial charge in [-0.05, 0) is 37.3 Å². The standard InChI is InChI=1S/C18H15Cl2N3OS/c1-12-9-17(21-18(24)11-25-14-5-3-2-4-6-14)22-23(12)13-7-8-15(19)16(20)10-13/h2-10H,11H2,1H3,(H,21,22,24). The van der Waals surface area contributed by atoms with Gasteiger partial charge in [-0.15, -0.1) is 16.9 Å². The number of amides is 1. The smallest absolute Gasteiger partial charge is 0.235 e. The Balaban J connectivity index is 1.67. The molecule has 1 heterocycles. The van der Waals surface area contributed by atoms with Crippen molar-refractivity contribution in [2.45, 2.75) is 11.8 Å². The van der Waals surface area contributed by atoms with Crippen molar-refractivity contribution in [2.75, 3.05) is 11.1 Å². The molecule has 0 spiro atoms. The molecule has 7 heteroatoms. The number of hydrogen-bond donors (Lipinski definition) is 1. The number of aryl methyl sites for hydroxylation is 1. The Labute approximate surface area is 160 Å². The van der Waals surface area contributed by atoms with Crippen molar-refractivity contribution in [1.29, 1.82) is 0 Å². The first-order chi connectivity index (χ1) is 12.0. The molecule has 0 bridgehead atoms. The summed E-state index contributed by atoms with van der Waals surface area (Å²) in [6.45, 7) is 1.91. The number of anilines is 1. The van der Waals surface area contributed by atoms with Crippen LogP contribution in [0.3, 0.4) is 0 Å². The molecule has 1 aromatic heterocycles. The maximum absolute atomic E-state index is 12.1. The molecule has 0 radical (unpaired) electrons. The van der Waals surface area contributed by atoms with Crippen LogP contribution in [0.25, 0.3) is 5.69 Å². The van der Waals surface area contributed by atoms with Crippen LogP contribution in [-0.2, 0) is 4.79 Å². The van der Waals surface area contributed by atoms with Crippen LogP contribution in [0.2, 0.25) is 10.0 Å². The predicted molar refractivity (Wildman–Crippen MR) is 104 cm³/mol. The first kappa shape index (κ1) is 17.9. The van der Waals surface area contributed by atoms with Gasteiger partial charge in [-0.25, -0.2) is 4.68 Å². The molecule has 0 aliphatic heterocycles. The van der Waals surface area contributed by atoms with Gasteiger partial charge in [-0.2, -0.15) is 0 Å². The van der Waals surface area contributed by atoms with E-state index in [1.165, 1.54) is 11.8 Å². The second-order valence-electron chi connectivity index (χ2n) is 5.33. The molecular formula is C18H15Cl2N3OS. The highest BCUT2D eigenvalue weighted by atomic mass is 35.5. The number of rotatable bonds is 5. The van der Waals surface area contributed by atoms with Gasteiger partial charge < -0.3 is 5.32 Å². The number of hydrogen-bond acceptors (Lipinski definition) is 3. The lowest BCUT2D eigenvalue weighted by Crippen LogP contribution is -2.14. The van der Waals surface area contributed by atoms with Crippen LogP contribution in [0.1, 0.15) is 5.69 Å². The van der Waals surface area contributed by atoms with E-state index in [9.17, 15) is 4.79 Å². The fourth-order valence-electron chi connectivity index (χ4n) is 2.26. The first-order valence-corrected chi connectivity index (χ1v) is 9.27. The van der Waals surface area contributed by atoms with Crippen LogP contribution in [0.5, 0.6) is 0 Å². The second-order valence-corrected chi connectivity index (χ2v) is 7.19. The van der Waals surface area contributed by atoms with Gasteiger partial charge in [-0.1, -0.05) is 41.4 Å². The normalized spacial score (nSPS) is 10.7. The lowest BCUT2D eigenvalue weighted by Gasteiger charge is -2.05. The zero-order valence-electron chi connectivity index (χ0n) is 13.4. The lowest BCUT2D eigenvalue weighted by molar-refractivity contribution is -0.113. The van der Waals surface area contributed by atoms with Crippen molar-refractivity contribution in [3.63, 3.8) is 0 Å². The van der Waals surface area contributed by atoms with Crippen molar-refractivity contribution < 1.29 is 4.79 Å². The van der Waals surface area contributed by atoms with E-state index >= 15 is 0 Å². The monoisotopic (exact) mass is 391 g/mol. The van der Waals surface area contributed by atoms with Crippen molar-refractivity contribution in [3.8, 4) is 5.69 Å². The molecule has 1 N–H and O–H groups in total. The number of thioether (sulfide) groups is 1. The maximum atomic E-state index is 12.1. The SMILES string of the molecule is Cc1cc(NC(=O)CSc2ccccc2)nn1-c1ccc(Cl)c(Cl)c1. The molecule has 0 fully saturated rings. The summed E-state index contributed by atoms with van der Waals surface area (Å²) in [6, 6.07) is 16.9. The van der Waals surface area contributed by atoms with E-state index < -0.39 is 0 Å². The predicted octanol–water partition coefficient (Wildman–Crippen LogP) is 5.22. The molecule has 4 nitrogen and oxygen atoms in total. The Kier molecular flexibility index (Phi) is 5.68. The minimum atomic E-state index is -0.104. The third-order valence-electron chi connectivity index (χ3n) is 3.42. The fourth-order valence-corrected chi connectivity index (χ4v) is 3.27. The third kappa shape index (κ3) is 4.57. The molecule has 128 valence electrons. The van der Waals surface area contributed by atoms with E-state index in [1.807, 2.05) is 49.4 Å². The number of carbonyl (C=O) groups excluding carboxylic acids is 1. The van der Waals surface area contributed by atoms with E-state index in [-0.39, 0.29) is 5.91 Å². The summed E-state index contributed by atoms with van der Waals surface area (Å²) < 4.78 is 1.71. The zero-order valence-corrected chi connectivity index (χ0v) is 15.7. The Morgan fingerprint density at radius 2 is 1.88 bits per heavy atom. The van der Waals surface area contributed by atoms with Gasteiger partial charge in [0, 0.05) is 16.7 Å². The highest BCUT2D eigenvalue weighted by Crippen LogP contribution is 2.25. The molecule has 0 saturated heterocycles. The molecular weight excluding hydrogens is 377 g/mol. The van der Waals surface area contributed by atoms with Crippen molar-refractivity contribution in [2.24, 2.45) is 0 Å². The number of nitrogens with one attached hydrogen (secondary N) is 1. The molecule has 0 aliphatic rings. The topological polar surface area (TPSA) is 46.9 Å². The summed E-state index contributed by atoms with van der Waals surface area (Å²) in [5.74, 6) is 0.720. The van der Waals surface area contributed by atoms with E-state index in [2.05, 4.69) is 10.4 Å². The van der Waals surface area contributed by atoms with Crippen LogP contribution in [0.4, 0.5) is 5.82 Å². The van der Waals surface area contributed by atoms with E-state index in [0.717, 1.165) is 16.3 Å². The fraction of sp³-hybridized carbons (Fsp3) is 0.111. The van der Waals surface area contributed by atoms with E-state index in [0.29, 0.717) is 21.6 Å². The molecule has 1 amide bonds. The molecule has 25 heavy (non-hydrogen) atoms. The van der Waals surface area contributed by atoms with Crippen molar-refractivity contribution in [3.05, 3.63) is 70.3 Å². The maximum Gasteiger partial charge on any atom is 0.235 e. The number of aromatic nitrogens is 2. The summed E-state index contributed by atoms with van der Waals surface area (Å²) in [7, 11) is 0. The molecule has 0 aliphatic carbocycles. The summed E-state index contributed by atoms with van der Waals surface area (Å²) in [5.41, 5.74) is 1.66. The largest absolute Gasteiger partial charge is 0.308 e. The quantitative estimate of drug-likeness (QED) is 0.606. The highest BCUT2D eigenvalue weighted by molar-refractivity contribution is 8.00. The van der Waals surface area contributed by atoms with Crippen LogP contribution in [0, 0.1) is 6.92 Å². The molecule has 2 aromatic carbocycles. The summed E-state index contributed by atoms with van der Waals surface area (Å²) in [6.07, 6.45) is 0. The molecule has 0 unspecified atom stereocenters. The van der Waals surface area contributed by atoms with Crippen molar-refractivity contribution in [1.82, 2.24) is 9.78 Å². The molecule has 0 atom stereocenters. The second kappa shape index (κ2) is 7.95. The minimum Gasteiger partial charge on any atom is -0.308 e. The molecule has 3 rings (SSSR count). The number of nitrogens with zero attached hydrogens (tertiary/aromatic N) is 2. The van der Waals surface area contributed by atoms with E-state index in [4.69, 9.17) is 23.2 Å². The van der Waals surface area contributed by atoms with Crippen LogP contribution in [0.15, 0.2) is 59.5 Å². The Morgan fingerprint density at radius 3 is 2.60 bits per heavy atom. The Bertz CT molecular complexity index is 897. The Hall–Kier alpha value is -1.95. The van der Waals surface area contributed by atoms with Gasteiger partial charge in [0.2, 0.25) is 5.91 Å². The van der Waals surface area contributed by atoms with Gasteiger partial charge in [0.25, 0.3) is 0 Å². The summed E-state index contributed by atoms with van der Waals surface area (Å²) >= 11 is 13.5. The van der Waals surface area contributed by atoms with Gasteiger partial charge >= 0.3 is 0 Å². The first-order valence-electron chi connectivity index (χ1n) is 7.53. The summed E-state index contributed by atoms with van der Waals surface area (Å²) in [5, 5.41) is 8.18. The van der Waals surface area contributed by atoms with Gasteiger partial charge in [0.15, 0.2) is 5.82 Å². The highest BCUT2D eigenvalue weighted by Gasteiger charge is 2.11. The van der Waals surface area contributed by atoms with Crippen LogP contribution < -0.4 is 5.32 Å². The zero-order chi connectivity index (χ0) is 17.8. The minimum absolute atomic E-state index is 0.104. The molecule has 0 saturated carbocycles. The lowest BCUT2D eigenvalue weighted by atomic mass is 10.3. The Morgan fingerprint density at radius 1 is 1.12 bits per heavy atom. The average molecular weight is 392 g/mol. The van der Waals surface area contributed by atoms with Gasteiger partial charge in [0.1, 0.15) is 0 Å². The molecule has 3 aromatic rings. The number of halogens is 2. The number of carbonyl (C=O) groups is 1. The van der Waals surface area contributed by atoms with Crippen LogP contribution in [-0.4, -0.2) is 21.4 Å². The summed E-state index contributed by atoms with van der Waals surface area (Å²) in [4.78, 5) is 13.2. The third-order valence-corrected chi connectivity index (χ3v) is 5.17. The number of benzene rings is 2. The van der Waals surface area contributed by atoms with Crippen molar-refractivity contribution >= 4 is 46.7 Å². The van der Waals surface area contributed by atoms with Gasteiger partial charge in [-0.3, -0.25) is 4.79 Å². The average Bonchev–Trinajstić information content (AvgIpc) is 2.96. The van der Waals surface area contributed by atoms with Crippen LogP contribution >= 0.6 is 35.0 Å². The van der Waals surface area contributed by atoms with Gasteiger partial charge in [0.05, 0.1) is 21.5 Å².